The summed E-state index contributed by atoms with van der Waals surface area (Å²) in [5, 5.41) is 0. The minimum absolute atomic E-state index is 0.313. The van der Waals surface area contributed by atoms with Crippen molar-refractivity contribution in [3.63, 3.8) is 0 Å². The smallest absolute Gasteiger partial charge is 0.143 e. The van der Waals surface area contributed by atoms with E-state index in [0.29, 0.717) is 24.0 Å². The summed E-state index contributed by atoms with van der Waals surface area (Å²) in [5.41, 5.74) is 2.11. The van der Waals surface area contributed by atoms with Gasteiger partial charge in [-0.05, 0) is 43.2 Å². The van der Waals surface area contributed by atoms with E-state index < -0.39 is 0 Å². The number of aryl methyl sites for hydroxylation is 1. The van der Waals surface area contributed by atoms with E-state index in [0.717, 1.165) is 29.2 Å². The number of imidazole rings is 1. The Kier molecular flexibility index (Phi) is 2.69. The Morgan fingerprint density at radius 2 is 2.15 bits per heavy atom. The summed E-state index contributed by atoms with van der Waals surface area (Å²) in [5.74, 6) is 3.14. The normalized spacial score (nSPS) is 28.4. The number of aromatic nitrogens is 2. The fourth-order valence-electron chi connectivity index (χ4n) is 4.28. The van der Waals surface area contributed by atoms with Crippen LogP contribution in [0.15, 0.2) is 24.3 Å². The highest BCUT2D eigenvalue weighted by atomic mass is 16.1. The molecule has 2 bridgehead atoms. The fourth-order valence-corrected chi connectivity index (χ4v) is 4.28. The van der Waals surface area contributed by atoms with Crippen molar-refractivity contribution in [2.75, 3.05) is 0 Å². The van der Waals surface area contributed by atoms with Gasteiger partial charge in [-0.3, -0.25) is 4.79 Å². The molecule has 20 heavy (non-hydrogen) atoms. The highest BCUT2D eigenvalue weighted by molar-refractivity contribution is 5.85. The van der Waals surface area contributed by atoms with E-state index in [1.807, 2.05) is 25.2 Å². The minimum atomic E-state index is 0.313. The maximum Gasteiger partial charge on any atom is 0.143 e. The Balaban J connectivity index is 1.58. The van der Waals surface area contributed by atoms with Crippen LogP contribution in [-0.4, -0.2) is 15.3 Å². The van der Waals surface area contributed by atoms with E-state index in [1.54, 1.807) is 0 Å². The largest absolute Gasteiger partial charge is 0.331 e. The molecule has 1 aromatic heterocycles. The number of rotatable bonds is 3. The van der Waals surface area contributed by atoms with Crippen molar-refractivity contribution < 1.29 is 4.79 Å². The SMILES string of the molecule is Cn1c(CC(=O)C2CC3CCC2C3)nc2ccccc21. The summed E-state index contributed by atoms with van der Waals surface area (Å²) in [6, 6.07) is 8.09. The first-order valence-electron chi connectivity index (χ1n) is 7.65. The topological polar surface area (TPSA) is 34.9 Å². The lowest BCUT2D eigenvalue weighted by Crippen LogP contribution is -2.23. The van der Waals surface area contributed by atoms with E-state index in [4.69, 9.17) is 0 Å². The number of Topliss-reactive ketones (excluding diaryl/α,β-unsaturated/α-hetero) is 1. The zero-order valence-corrected chi connectivity index (χ0v) is 11.9. The summed E-state index contributed by atoms with van der Waals surface area (Å²) in [6.45, 7) is 0. The van der Waals surface area contributed by atoms with Gasteiger partial charge in [-0.25, -0.2) is 4.98 Å². The van der Waals surface area contributed by atoms with E-state index in [1.165, 1.54) is 19.3 Å². The predicted octanol–water partition coefficient (Wildman–Crippen LogP) is 3.12. The molecule has 2 fully saturated rings. The van der Waals surface area contributed by atoms with E-state index in [2.05, 4.69) is 15.6 Å². The third-order valence-corrected chi connectivity index (χ3v) is 5.36. The van der Waals surface area contributed by atoms with Crippen LogP contribution in [0.4, 0.5) is 0 Å². The Bertz CT molecular complexity index is 673. The maximum absolute atomic E-state index is 12.6. The number of hydrogen-bond acceptors (Lipinski definition) is 2. The summed E-state index contributed by atoms with van der Waals surface area (Å²) >= 11 is 0. The van der Waals surface area contributed by atoms with Crippen molar-refractivity contribution in [1.29, 1.82) is 0 Å². The van der Waals surface area contributed by atoms with Gasteiger partial charge in [0, 0.05) is 13.0 Å². The van der Waals surface area contributed by atoms with Crippen molar-refractivity contribution in [2.24, 2.45) is 24.8 Å². The number of carbonyl (C=O) groups excluding carboxylic acids is 1. The summed E-state index contributed by atoms with van der Waals surface area (Å²) < 4.78 is 2.07. The maximum atomic E-state index is 12.6. The number of hydrogen-bond donors (Lipinski definition) is 0. The predicted molar refractivity (Wildman–Crippen MR) is 78.4 cm³/mol. The fraction of sp³-hybridized carbons (Fsp3) is 0.529. The van der Waals surface area contributed by atoms with Crippen molar-refractivity contribution in [2.45, 2.75) is 32.1 Å². The average Bonchev–Trinajstić information content (AvgIpc) is 3.15. The van der Waals surface area contributed by atoms with Gasteiger partial charge in [-0.15, -0.1) is 0 Å². The van der Waals surface area contributed by atoms with E-state index in [-0.39, 0.29) is 0 Å². The second-order valence-corrected chi connectivity index (χ2v) is 6.50. The molecule has 3 atom stereocenters. The zero-order valence-electron chi connectivity index (χ0n) is 11.9. The van der Waals surface area contributed by atoms with Crippen molar-refractivity contribution in [3.05, 3.63) is 30.1 Å². The standard InChI is InChI=1S/C17H20N2O/c1-19-15-5-3-2-4-14(15)18-17(19)10-16(20)13-9-11-6-7-12(13)8-11/h2-5,11-13H,6-10H2,1H3. The number of benzene rings is 1. The number of nitrogens with zero attached hydrogens (tertiary/aromatic N) is 2. The van der Waals surface area contributed by atoms with Gasteiger partial charge < -0.3 is 4.57 Å². The van der Waals surface area contributed by atoms with Crippen LogP contribution < -0.4 is 0 Å². The molecule has 3 nitrogen and oxygen atoms in total. The Labute approximate surface area is 119 Å². The highest BCUT2D eigenvalue weighted by Gasteiger charge is 2.42. The quantitative estimate of drug-likeness (QED) is 0.857. The molecular formula is C17H20N2O. The molecular weight excluding hydrogens is 248 g/mol. The second kappa shape index (κ2) is 4.44. The first-order valence-corrected chi connectivity index (χ1v) is 7.65. The molecule has 0 spiro atoms. The Hall–Kier alpha value is -1.64. The van der Waals surface area contributed by atoms with Crippen LogP contribution in [0.3, 0.4) is 0 Å². The Morgan fingerprint density at radius 3 is 2.85 bits per heavy atom. The lowest BCUT2D eigenvalue weighted by Gasteiger charge is -2.20. The lowest BCUT2D eigenvalue weighted by molar-refractivity contribution is -0.123. The molecule has 2 aromatic rings. The van der Waals surface area contributed by atoms with Gasteiger partial charge in [-0.1, -0.05) is 18.6 Å². The van der Waals surface area contributed by atoms with Gasteiger partial charge in [0.2, 0.25) is 0 Å². The molecule has 3 heteroatoms. The first kappa shape index (κ1) is 12.1. The average molecular weight is 268 g/mol. The van der Waals surface area contributed by atoms with E-state index in [9.17, 15) is 4.79 Å². The molecule has 2 aliphatic rings. The zero-order chi connectivity index (χ0) is 13.7. The molecule has 0 N–H and O–H groups in total. The molecule has 3 unspecified atom stereocenters. The van der Waals surface area contributed by atoms with Gasteiger partial charge in [0.05, 0.1) is 17.5 Å². The minimum Gasteiger partial charge on any atom is -0.331 e. The van der Waals surface area contributed by atoms with Crippen LogP contribution >= 0.6 is 0 Å². The Morgan fingerprint density at radius 1 is 1.30 bits per heavy atom. The van der Waals surface area contributed by atoms with Crippen molar-refractivity contribution in [3.8, 4) is 0 Å². The monoisotopic (exact) mass is 268 g/mol. The van der Waals surface area contributed by atoms with Gasteiger partial charge in [0.25, 0.3) is 0 Å². The molecule has 0 saturated heterocycles. The number of fused-ring (bicyclic) bond motifs is 3. The molecule has 2 aliphatic carbocycles. The van der Waals surface area contributed by atoms with Crippen molar-refractivity contribution >= 4 is 16.8 Å². The summed E-state index contributed by atoms with van der Waals surface area (Å²) in [7, 11) is 2.01. The summed E-state index contributed by atoms with van der Waals surface area (Å²) in [4.78, 5) is 17.2. The van der Waals surface area contributed by atoms with Gasteiger partial charge in [-0.2, -0.15) is 0 Å². The van der Waals surface area contributed by atoms with Crippen LogP contribution in [0.25, 0.3) is 11.0 Å². The lowest BCUT2D eigenvalue weighted by atomic mass is 9.84. The molecule has 0 aliphatic heterocycles. The van der Waals surface area contributed by atoms with Gasteiger partial charge >= 0.3 is 0 Å². The summed E-state index contributed by atoms with van der Waals surface area (Å²) in [6.07, 6.45) is 5.54. The molecule has 1 heterocycles. The number of carbonyl (C=O) groups is 1. The third-order valence-electron chi connectivity index (χ3n) is 5.36. The van der Waals surface area contributed by atoms with Crippen LogP contribution in [0, 0.1) is 17.8 Å². The van der Waals surface area contributed by atoms with Crippen LogP contribution in [0.2, 0.25) is 0 Å². The van der Waals surface area contributed by atoms with Gasteiger partial charge in [0.1, 0.15) is 11.6 Å². The highest BCUT2D eigenvalue weighted by Crippen LogP contribution is 2.48. The van der Waals surface area contributed by atoms with Gasteiger partial charge in [0.15, 0.2) is 0 Å². The first-order chi connectivity index (χ1) is 9.72. The number of para-hydroxylation sites is 2. The molecule has 2 saturated carbocycles. The van der Waals surface area contributed by atoms with Crippen LogP contribution in [-0.2, 0) is 18.3 Å². The molecule has 0 radical (unpaired) electrons. The van der Waals surface area contributed by atoms with Crippen LogP contribution in [0.5, 0.6) is 0 Å². The molecule has 1 aromatic carbocycles. The second-order valence-electron chi connectivity index (χ2n) is 6.50. The number of ketones is 1. The van der Waals surface area contributed by atoms with E-state index >= 15 is 0 Å². The molecule has 104 valence electrons. The molecule has 4 rings (SSSR count). The van der Waals surface area contributed by atoms with Crippen molar-refractivity contribution in [1.82, 2.24) is 9.55 Å². The third kappa shape index (κ3) is 1.80. The molecule has 0 amide bonds. The van der Waals surface area contributed by atoms with Crippen LogP contribution in [0.1, 0.15) is 31.5 Å².